The topological polar surface area (TPSA) is 3.24 Å². The van der Waals surface area contributed by atoms with Gasteiger partial charge < -0.3 is 4.90 Å². The van der Waals surface area contributed by atoms with Gasteiger partial charge in [-0.3, -0.25) is 0 Å². The van der Waals surface area contributed by atoms with Crippen LogP contribution in [-0.4, -0.2) is 0 Å². The van der Waals surface area contributed by atoms with Crippen molar-refractivity contribution in [1.29, 1.82) is 0 Å². The molecule has 100 valence electrons. The maximum Gasteiger partial charge on any atom is 0.0461 e. The first kappa shape index (κ1) is 15.0. The first-order valence-electron chi connectivity index (χ1n) is 6.69. The molecule has 0 aromatic heterocycles. The second kappa shape index (κ2) is 7.42. The van der Waals surface area contributed by atoms with Gasteiger partial charge in [0.05, 0.1) is 0 Å². The summed E-state index contributed by atoms with van der Waals surface area (Å²) in [6.45, 7) is 16.6. The van der Waals surface area contributed by atoms with Crippen LogP contribution in [0.15, 0.2) is 79.2 Å². The molecule has 0 fully saturated rings. The number of anilines is 1. The summed E-state index contributed by atoms with van der Waals surface area (Å²) >= 11 is 0. The van der Waals surface area contributed by atoms with Crippen molar-refractivity contribution in [3.63, 3.8) is 0 Å². The zero-order valence-corrected chi connectivity index (χ0v) is 12.0. The van der Waals surface area contributed by atoms with Crippen molar-refractivity contribution >= 4 is 5.69 Å². The summed E-state index contributed by atoms with van der Waals surface area (Å²) in [7, 11) is 0. The van der Waals surface area contributed by atoms with Gasteiger partial charge in [-0.25, -0.2) is 0 Å². The summed E-state index contributed by atoms with van der Waals surface area (Å²) in [4.78, 5) is 2.05. The smallest absolute Gasteiger partial charge is 0.0461 e. The Morgan fingerprint density at radius 3 is 2.26 bits per heavy atom. The maximum atomic E-state index is 4.16. The molecule has 0 aliphatic carbocycles. The standard InChI is InChI=1S/C18H23N/c1-6-8-12-16(4)19(17(5)15(3)7-2)18-13-10-9-11-14-18/h8-14H,3-7H2,1-2H3/b12-8-. The van der Waals surface area contributed by atoms with Gasteiger partial charge in [-0.1, -0.05) is 57.9 Å². The monoisotopic (exact) mass is 253 g/mol. The fourth-order valence-corrected chi connectivity index (χ4v) is 1.76. The van der Waals surface area contributed by atoms with Gasteiger partial charge in [0, 0.05) is 17.1 Å². The summed E-state index contributed by atoms with van der Waals surface area (Å²) in [6.07, 6.45) is 6.00. The highest BCUT2D eigenvalue weighted by molar-refractivity contribution is 5.62. The third-order valence-corrected chi connectivity index (χ3v) is 2.95. The van der Waals surface area contributed by atoms with Crippen LogP contribution in [0.3, 0.4) is 0 Å². The predicted octanol–water partition coefficient (Wildman–Crippen LogP) is 5.45. The average molecular weight is 253 g/mol. The van der Waals surface area contributed by atoms with Crippen molar-refractivity contribution in [2.75, 3.05) is 4.90 Å². The summed E-state index contributed by atoms with van der Waals surface area (Å²) in [6, 6.07) is 10.1. The molecule has 1 nitrogen and oxygen atoms in total. The molecule has 0 heterocycles. The molecule has 0 bridgehead atoms. The van der Waals surface area contributed by atoms with Crippen LogP contribution in [0.25, 0.3) is 0 Å². The average Bonchev–Trinajstić information content (AvgIpc) is 2.45. The Morgan fingerprint density at radius 2 is 1.74 bits per heavy atom. The van der Waals surface area contributed by atoms with Crippen LogP contribution in [0.2, 0.25) is 0 Å². The molecular formula is C18H23N. The van der Waals surface area contributed by atoms with Crippen LogP contribution in [-0.2, 0) is 0 Å². The lowest BCUT2D eigenvalue weighted by Gasteiger charge is -2.28. The Hall–Kier alpha value is -2.02. The molecule has 1 aromatic carbocycles. The minimum absolute atomic E-state index is 0.882. The third-order valence-electron chi connectivity index (χ3n) is 2.95. The Kier molecular flexibility index (Phi) is 5.87. The lowest BCUT2D eigenvalue weighted by atomic mass is 10.1. The molecule has 0 saturated heterocycles. The largest absolute Gasteiger partial charge is 0.311 e. The van der Waals surface area contributed by atoms with Gasteiger partial charge >= 0.3 is 0 Å². The van der Waals surface area contributed by atoms with E-state index in [-0.39, 0.29) is 0 Å². The molecule has 19 heavy (non-hydrogen) atoms. The lowest BCUT2D eigenvalue weighted by molar-refractivity contribution is 1.04. The Bertz CT molecular complexity index is 480. The molecule has 0 N–H and O–H groups in total. The van der Waals surface area contributed by atoms with E-state index in [1.807, 2.05) is 24.3 Å². The highest BCUT2D eigenvalue weighted by Crippen LogP contribution is 2.27. The SMILES string of the molecule is C=C(CC)C(=C)N(C(=C)/C=C\CC)c1ccccc1. The minimum atomic E-state index is 0.882. The van der Waals surface area contributed by atoms with E-state index in [1.54, 1.807) is 0 Å². The van der Waals surface area contributed by atoms with Gasteiger partial charge in [0.25, 0.3) is 0 Å². The van der Waals surface area contributed by atoms with E-state index in [0.717, 1.165) is 35.5 Å². The normalized spacial score (nSPS) is 10.4. The van der Waals surface area contributed by atoms with Crippen LogP contribution in [0.4, 0.5) is 5.69 Å². The lowest BCUT2D eigenvalue weighted by Crippen LogP contribution is -2.20. The molecule has 0 atom stereocenters. The van der Waals surface area contributed by atoms with E-state index in [4.69, 9.17) is 0 Å². The third kappa shape index (κ3) is 3.99. The molecule has 0 aliphatic heterocycles. The van der Waals surface area contributed by atoms with E-state index >= 15 is 0 Å². The number of rotatable bonds is 7. The van der Waals surface area contributed by atoms with E-state index in [9.17, 15) is 0 Å². The van der Waals surface area contributed by atoms with E-state index < -0.39 is 0 Å². The molecule has 1 aromatic rings. The van der Waals surface area contributed by atoms with Gasteiger partial charge in [0.2, 0.25) is 0 Å². The second-order valence-electron chi connectivity index (χ2n) is 4.38. The number of allylic oxidation sites excluding steroid dienone is 3. The van der Waals surface area contributed by atoms with Gasteiger partial charge in [-0.15, -0.1) is 0 Å². The number of benzene rings is 1. The number of nitrogens with zero attached hydrogens (tertiary/aromatic N) is 1. The van der Waals surface area contributed by atoms with Crippen molar-refractivity contribution in [3.8, 4) is 0 Å². The van der Waals surface area contributed by atoms with Crippen molar-refractivity contribution in [2.45, 2.75) is 26.7 Å². The van der Waals surface area contributed by atoms with Crippen LogP contribution < -0.4 is 4.90 Å². The summed E-state index contributed by atoms with van der Waals surface area (Å²) in [5, 5.41) is 0. The molecule has 0 amide bonds. The molecule has 0 saturated carbocycles. The Morgan fingerprint density at radius 1 is 1.11 bits per heavy atom. The van der Waals surface area contributed by atoms with Gasteiger partial charge in [-0.05, 0) is 36.6 Å². The van der Waals surface area contributed by atoms with Crippen LogP contribution in [0.1, 0.15) is 26.7 Å². The van der Waals surface area contributed by atoms with Crippen LogP contribution >= 0.6 is 0 Å². The fourth-order valence-electron chi connectivity index (χ4n) is 1.76. The van der Waals surface area contributed by atoms with Crippen molar-refractivity contribution in [3.05, 3.63) is 79.2 Å². The molecule has 0 unspecified atom stereocenters. The van der Waals surface area contributed by atoms with E-state index in [2.05, 4.69) is 56.7 Å². The van der Waals surface area contributed by atoms with Crippen LogP contribution in [0, 0.1) is 0 Å². The van der Waals surface area contributed by atoms with E-state index in [1.165, 1.54) is 0 Å². The van der Waals surface area contributed by atoms with Gasteiger partial charge in [0.1, 0.15) is 0 Å². The molecular weight excluding hydrogens is 230 g/mol. The summed E-state index contributed by atoms with van der Waals surface area (Å²) in [5.74, 6) is 0. The molecule has 1 heteroatoms. The van der Waals surface area contributed by atoms with Crippen molar-refractivity contribution in [2.24, 2.45) is 0 Å². The summed E-state index contributed by atoms with van der Waals surface area (Å²) < 4.78 is 0. The highest BCUT2D eigenvalue weighted by Gasteiger charge is 2.13. The number of hydrogen-bond acceptors (Lipinski definition) is 1. The van der Waals surface area contributed by atoms with Gasteiger partial charge in [0.15, 0.2) is 0 Å². The molecule has 0 spiro atoms. The highest BCUT2D eigenvalue weighted by atomic mass is 15.1. The molecule has 0 aliphatic rings. The van der Waals surface area contributed by atoms with E-state index in [0.29, 0.717) is 0 Å². The maximum absolute atomic E-state index is 4.16. The Balaban J connectivity index is 3.12. The van der Waals surface area contributed by atoms with Crippen LogP contribution in [0.5, 0.6) is 0 Å². The quantitative estimate of drug-likeness (QED) is 0.584. The predicted molar refractivity (Wildman–Crippen MR) is 86.1 cm³/mol. The van der Waals surface area contributed by atoms with Crippen molar-refractivity contribution in [1.82, 2.24) is 0 Å². The second-order valence-corrected chi connectivity index (χ2v) is 4.38. The minimum Gasteiger partial charge on any atom is -0.311 e. The zero-order chi connectivity index (χ0) is 14.3. The first-order chi connectivity index (χ1) is 9.11. The Labute approximate surface area is 117 Å². The van der Waals surface area contributed by atoms with Gasteiger partial charge in [-0.2, -0.15) is 0 Å². The molecule has 1 rings (SSSR count). The first-order valence-corrected chi connectivity index (χ1v) is 6.69. The number of hydrogen-bond donors (Lipinski definition) is 0. The zero-order valence-electron chi connectivity index (χ0n) is 12.0. The fraction of sp³-hybridized carbons (Fsp3) is 0.222. The summed E-state index contributed by atoms with van der Waals surface area (Å²) in [5.41, 5.74) is 3.90. The van der Waals surface area contributed by atoms with Crippen molar-refractivity contribution < 1.29 is 0 Å². The number of para-hydroxylation sites is 1. The molecule has 0 radical (unpaired) electrons.